The Morgan fingerprint density at radius 2 is 2.30 bits per heavy atom. The lowest BCUT2D eigenvalue weighted by atomic mass is 9.82. The molecule has 1 saturated carbocycles. The van der Waals surface area contributed by atoms with Crippen molar-refractivity contribution in [1.29, 1.82) is 0 Å². The van der Waals surface area contributed by atoms with E-state index >= 15 is 0 Å². The van der Waals surface area contributed by atoms with E-state index in [0.717, 1.165) is 19.4 Å². The summed E-state index contributed by atoms with van der Waals surface area (Å²) in [5.74, 6) is 3.16. The molecule has 1 fully saturated rings. The van der Waals surface area contributed by atoms with Crippen molar-refractivity contribution >= 4 is 0 Å². The maximum absolute atomic E-state index is 8.91. The molecule has 0 unspecified atom stereocenters. The largest absolute Gasteiger partial charge is 0.393 e. The summed E-state index contributed by atoms with van der Waals surface area (Å²) in [6.07, 6.45) is 6.88. The molecule has 2 heteroatoms. The van der Waals surface area contributed by atoms with Gasteiger partial charge in [0, 0.05) is 0 Å². The van der Waals surface area contributed by atoms with Crippen molar-refractivity contribution in [2.24, 2.45) is 5.92 Å². The summed E-state index contributed by atoms with van der Waals surface area (Å²) in [7, 11) is 0. The summed E-state index contributed by atoms with van der Waals surface area (Å²) in [6.45, 7) is 1.61. The number of terminal acetylenes is 1. The van der Waals surface area contributed by atoms with Crippen molar-refractivity contribution in [3.05, 3.63) is 0 Å². The fraction of sp³-hybridized carbons (Fsp3) is 0.750. The van der Waals surface area contributed by atoms with Crippen molar-refractivity contribution in [2.45, 2.75) is 18.9 Å². The summed E-state index contributed by atoms with van der Waals surface area (Å²) in [4.78, 5) is 0. The van der Waals surface area contributed by atoms with E-state index in [0.29, 0.717) is 12.5 Å². The zero-order chi connectivity index (χ0) is 7.40. The van der Waals surface area contributed by atoms with Gasteiger partial charge in [-0.1, -0.05) is 5.92 Å². The number of hydrogen-bond donors (Lipinski definition) is 2. The molecule has 0 atom stereocenters. The first-order valence-electron chi connectivity index (χ1n) is 3.65. The smallest absolute Gasteiger partial charge is 0.0573 e. The van der Waals surface area contributed by atoms with E-state index in [2.05, 4.69) is 11.2 Å². The Morgan fingerprint density at radius 1 is 1.60 bits per heavy atom. The van der Waals surface area contributed by atoms with E-state index < -0.39 is 0 Å². The Bertz CT molecular complexity index is 133. The first-order chi connectivity index (χ1) is 4.83. The Morgan fingerprint density at radius 3 is 2.80 bits per heavy atom. The van der Waals surface area contributed by atoms with Crippen LogP contribution in [0.2, 0.25) is 0 Å². The molecule has 0 amide bonds. The Balaban J connectivity index is 1.91. The van der Waals surface area contributed by atoms with Crippen LogP contribution in [0.1, 0.15) is 12.8 Å². The minimum absolute atomic E-state index is 0.0439. The van der Waals surface area contributed by atoms with Gasteiger partial charge >= 0.3 is 0 Å². The molecular weight excluding hydrogens is 126 g/mol. The van der Waals surface area contributed by atoms with Crippen LogP contribution in [-0.2, 0) is 0 Å². The quantitative estimate of drug-likeness (QED) is 0.425. The highest BCUT2D eigenvalue weighted by atomic mass is 16.3. The van der Waals surface area contributed by atoms with Crippen LogP contribution in [0.15, 0.2) is 0 Å². The highest BCUT2D eigenvalue weighted by Crippen LogP contribution is 2.25. The molecule has 0 aromatic carbocycles. The Kier molecular flexibility index (Phi) is 2.73. The number of hydrogen-bond acceptors (Lipinski definition) is 2. The third kappa shape index (κ3) is 2.02. The van der Waals surface area contributed by atoms with Gasteiger partial charge in [-0.2, -0.15) is 0 Å². The SMILES string of the molecule is C#CCNCC1CC(O)C1. The summed E-state index contributed by atoms with van der Waals surface area (Å²) < 4.78 is 0. The van der Waals surface area contributed by atoms with E-state index in [1.165, 1.54) is 0 Å². The predicted octanol–water partition coefficient (Wildman–Crippen LogP) is -0.0199. The number of aliphatic hydroxyl groups is 1. The molecule has 2 nitrogen and oxygen atoms in total. The molecule has 1 aliphatic rings. The topological polar surface area (TPSA) is 32.3 Å². The van der Waals surface area contributed by atoms with Gasteiger partial charge in [0.15, 0.2) is 0 Å². The average molecular weight is 139 g/mol. The van der Waals surface area contributed by atoms with Crippen LogP contribution < -0.4 is 5.32 Å². The number of nitrogens with one attached hydrogen (secondary N) is 1. The average Bonchev–Trinajstić information content (AvgIpc) is 1.85. The monoisotopic (exact) mass is 139 g/mol. The van der Waals surface area contributed by atoms with Gasteiger partial charge in [0.25, 0.3) is 0 Å². The molecule has 0 heterocycles. The van der Waals surface area contributed by atoms with Gasteiger partial charge in [0.1, 0.15) is 0 Å². The second kappa shape index (κ2) is 3.60. The van der Waals surface area contributed by atoms with Gasteiger partial charge in [-0.05, 0) is 25.3 Å². The first-order valence-corrected chi connectivity index (χ1v) is 3.65. The molecule has 0 spiro atoms. The van der Waals surface area contributed by atoms with Gasteiger partial charge in [-0.15, -0.1) is 6.42 Å². The first kappa shape index (κ1) is 7.59. The lowest BCUT2D eigenvalue weighted by Gasteiger charge is -2.31. The lowest BCUT2D eigenvalue weighted by molar-refractivity contribution is 0.0436. The van der Waals surface area contributed by atoms with E-state index in [9.17, 15) is 0 Å². The van der Waals surface area contributed by atoms with Gasteiger partial charge in [-0.3, -0.25) is 0 Å². The lowest BCUT2D eigenvalue weighted by Crippen LogP contribution is -2.36. The maximum Gasteiger partial charge on any atom is 0.0573 e. The third-order valence-corrected chi connectivity index (χ3v) is 1.87. The van der Waals surface area contributed by atoms with Crippen LogP contribution >= 0.6 is 0 Å². The molecule has 1 aliphatic carbocycles. The van der Waals surface area contributed by atoms with E-state index in [1.807, 2.05) is 0 Å². The van der Waals surface area contributed by atoms with Crippen LogP contribution in [0.5, 0.6) is 0 Å². The summed E-state index contributed by atoms with van der Waals surface area (Å²) in [6, 6.07) is 0. The molecule has 0 aromatic heterocycles. The fourth-order valence-electron chi connectivity index (χ4n) is 1.22. The Labute approximate surface area is 61.6 Å². The summed E-state index contributed by atoms with van der Waals surface area (Å²) in [5.41, 5.74) is 0. The zero-order valence-corrected chi connectivity index (χ0v) is 6.01. The molecule has 0 aromatic rings. The highest BCUT2D eigenvalue weighted by molar-refractivity contribution is 4.88. The molecule has 10 heavy (non-hydrogen) atoms. The second-order valence-electron chi connectivity index (χ2n) is 2.83. The zero-order valence-electron chi connectivity index (χ0n) is 6.01. The van der Waals surface area contributed by atoms with Crippen LogP contribution in [0.3, 0.4) is 0 Å². The third-order valence-electron chi connectivity index (χ3n) is 1.87. The molecule has 0 radical (unpaired) electrons. The summed E-state index contributed by atoms with van der Waals surface area (Å²) >= 11 is 0. The molecule has 1 rings (SSSR count). The minimum Gasteiger partial charge on any atom is -0.393 e. The molecule has 0 aliphatic heterocycles. The van der Waals surface area contributed by atoms with Crippen LogP contribution in [0.25, 0.3) is 0 Å². The Hall–Kier alpha value is -0.520. The van der Waals surface area contributed by atoms with E-state index in [-0.39, 0.29) is 6.10 Å². The van der Waals surface area contributed by atoms with Gasteiger partial charge < -0.3 is 10.4 Å². The second-order valence-corrected chi connectivity index (χ2v) is 2.83. The maximum atomic E-state index is 8.91. The molecule has 0 bridgehead atoms. The van der Waals surface area contributed by atoms with Crippen molar-refractivity contribution in [3.8, 4) is 12.3 Å². The highest BCUT2D eigenvalue weighted by Gasteiger charge is 2.25. The minimum atomic E-state index is -0.0439. The number of aliphatic hydroxyl groups excluding tert-OH is 1. The van der Waals surface area contributed by atoms with Crippen LogP contribution in [0, 0.1) is 18.3 Å². The van der Waals surface area contributed by atoms with E-state index in [4.69, 9.17) is 11.5 Å². The summed E-state index contributed by atoms with van der Waals surface area (Å²) in [5, 5.41) is 12.0. The normalized spacial score (nSPS) is 30.8. The molecule has 2 N–H and O–H groups in total. The van der Waals surface area contributed by atoms with Crippen molar-refractivity contribution in [2.75, 3.05) is 13.1 Å². The van der Waals surface area contributed by atoms with Crippen molar-refractivity contribution in [3.63, 3.8) is 0 Å². The van der Waals surface area contributed by atoms with Gasteiger partial charge in [0.2, 0.25) is 0 Å². The standard InChI is InChI=1S/C8H13NO/c1-2-3-9-6-7-4-8(10)5-7/h1,7-10H,3-6H2. The van der Waals surface area contributed by atoms with Crippen molar-refractivity contribution < 1.29 is 5.11 Å². The van der Waals surface area contributed by atoms with Crippen molar-refractivity contribution in [1.82, 2.24) is 5.32 Å². The van der Waals surface area contributed by atoms with Crippen LogP contribution in [0.4, 0.5) is 0 Å². The fourth-order valence-corrected chi connectivity index (χ4v) is 1.22. The van der Waals surface area contributed by atoms with Gasteiger partial charge in [0.05, 0.1) is 12.6 Å². The molecular formula is C8H13NO. The van der Waals surface area contributed by atoms with Crippen LogP contribution in [-0.4, -0.2) is 24.3 Å². The molecule has 56 valence electrons. The predicted molar refractivity (Wildman–Crippen MR) is 40.4 cm³/mol. The van der Waals surface area contributed by atoms with Gasteiger partial charge in [-0.25, -0.2) is 0 Å². The molecule has 0 saturated heterocycles. The number of rotatable bonds is 3. The van der Waals surface area contributed by atoms with E-state index in [1.54, 1.807) is 0 Å².